The largest absolute Gasteiger partial charge is 0.520 e. The van der Waals surface area contributed by atoms with E-state index < -0.39 is 23.6 Å². The van der Waals surface area contributed by atoms with Crippen LogP contribution in [-0.4, -0.2) is 34.5 Å². The molecule has 158 valence electrons. The fourth-order valence-electron chi connectivity index (χ4n) is 5.58. The van der Waals surface area contributed by atoms with Crippen molar-refractivity contribution in [3.05, 3.63) is 65.7 Å². The van der Waals surface area contributed by atoms with Crippen molar-refractivity contribution in [3.63, 3.8) is 0 Å². The van der Waals surface area contributed by atoms with Gasteiger partial charge in [-0.25, -0.2) is 0 Å². The normalized spacial score (nSPS) is 28.4. The molecule has 1 heterocycles. The van der Waals surface area contributed by atoms with Crippen LogP contribution in [0.4, 0.5) is 10.5 Å². The van der Waals surface area contributed by atoms with E-state index in [1.807, 2.05) is 54.6 Å². The molecule has 2 aromatic rings. The first-order valence-corrected chi connectivity index (χ1v) is 10.6. The van der Waals surface area contributed by atoms with Crippen LogP contribution in [0, 0.1) is 11.8 Å². The number of hydrogen-bond donors (Lipinski definition) is 3. The van der Waals surface area contributed by atoms with Crippen LogP contribution in [0.3, 0.4) is 0 Å². The lowest BCUT2D eigenvalue weighted by atomic mass is 9.79. The first-order chi connectivity index (χ1) is 14.4. The molecule has 0 radical (unpaired) electrons. The molecule has 1 saturated carbocycles. The summed E-state index contributed by atoms with van der Waals surface area (Å²) in [7, 11) is 0. The molecule has 1 unspecified atom stereocenters. The molecule has 0 aromatic heterocycles. The Balaban J connectivity index is 1.90. The topological polar surface area (TPSA) is 86.6 Å². The summed E-state index contributed by atoms with van der Waals surface area (Å²) >= 11 is 0. The van der Waals surface area contributed by atoms with Gasteiger partial charge in [0.25, 0.3) is 0 Å². The molecular weight excluding hydrogens is 380 g/mol. The number of aliphatic carboxylic acids is 1. The standard InChI is InChI=1S/C24H28N2O4/c1-17(22(27)28)15-25-24-13-7-11-20(24)14-19-10-5-6-12-21(19)26(24,23(29)30)16-18-8-3-2-4-9-18/h2-6,8-10,12,17,20,25H,7,11,13-16H2,1H3,(H-,27,28,29,30)/p+1/t17?,20-,24-,26+/m1/s1. The number of carboxylic acids is 1. The molecule has 2 aromatic carbocycles. The highest BCUT2D eigenvalue weighted by atomic mass is 16.4. The van der Waals surface area contributed by atoms with Crippen molar-refractivity contribution in [2.45, 2.75) is 44.8 Å². The van der Waals surface area contributed by atoms with E-state index in [0.29, 0.717) is 13.0 Å². The first-order valence-electron chi connectivity index (χ1n) is 10.6. The van der Waals surface area contributed by atoms with Crippen LogP contribution < -0.4 is 9.80 Å². The minimum absolute atomic E-state index is 0.133. The van der Waals surface area contributed by atoms with E-state index in [1.165, 1.54) is 0 Å². The first kappa shape index (κ1) is 20.6. The van der Waals surface area contributed by atoms with E-state index in [2.05, 4.69) is 5.32 Å². The maximum Gasteiger partial charge on any atom is 0.520 e. The number of para-hydroxylation sites is 1. The summed E-state index contributed by atoms with van der Waals surface area (Å²) in [4.78, 5) is 24.7. The fraction of sp³-hybridized carbons (Fsp3) is 0.417. The SMILES string of the molecule is CC(CN[C@@]12CCC[C@@H]1Cc1ccccc1[N@@+]2(Cc1ccccc1)C(=O)O)C(=O)O. The third kappa shape index (κ3) is 3.11. The molecular formula is C24H29N2O4+. The minimum atomic E-state index is -0.895. The zero-order valence-corrected chi connectivity index (χ0v) is 17.3. The molecule has 2 aliphatic rings. The third-order valence-corrected chi connectivity index (χ3v) is 7.06. The van der Waals surface area contributed by atoms with E-state index in [1.54, 1.807) is 6.92 Å². The Morgan fingerprint density at radius 3 is 2.53 bits per heavy atom. The van der Waals surface area contributed by atoms with Crippen molar-refractivity contribution < 1.29 is 19.8 Å². The summed E-state index contributed by atoms with van der Waals surface area (Å²) < 4.78 is -0.232. The van der Waals surface area contributed by atoms with Crippen LogP contribution in [0.2, 0.25) is 0 Å². The summed E-state index contributed by atoms with van der Waals surface area (Å²) in [6.45, 7) is 2.23. The number of fused-ring (bicyclic) bond motifs is 2. The molecule has 4 atom stereocenters. The Kier molecular flexibility index (Phi) is 5.38. The van der Waals surface area contributed by atoms with Crippen molar-refractivity contribution in [1.82, 2.24) is 9.80 Å². The molecule has 6 nitrogen and oxygen atoms in total. The molecule has 0 spiro atoms. The van der Waals surface area contributed by atoms with Gasteiger partial charge in [0.1, 0.15) is 12.2 Å². The van der Waals surface area contributed by atoms with Gasteiger partial charge in [0.2, 0.25) is 0 Å². The van der Waals surface area contributed by atoms with Gasteiger partial charge in [0.15, 0.2) is 5.66 Å². The van der Waals surface area contributed by atoms with E-state index in [-0.39, 0.29) is 16.9 Å². The van der Waals surface area contributed by atoms with Crippen molar-refractivity contribution >= 4 is 17.7 Å². The summed E-state index contributed by atoms with van der Waals surface area (Å²) in [5.41, 5.74) is 2.10. The highest BCUT2D eigenvalue weighted by Crippen LogP contribution is 2.53. The molecule has 0 bridgehead atoms. The number of carboxylic acid groups (broad SMARTS) is 2. The van der Waals surface area contributed by atoms with Gasteiger partial charge in [-0.05, 0) is 19.3 Å². The van der Waals surface area contributed by atoms with Gasteiger partial charge >= 0.3 is 12.1 Å². The minimum Gasteiger partial charge on any atom is -0.481 e. The van der Waals surface area contributed by atoms with Crippen LogP contribution in [0.5, 0.6) is 0 Å². The van der Waals surface area contributed by atoms with E-state index in [4.69, 9.17) is 0 Å². The molecule has 6 heteroatoms. The maximum absolute atomic E-state index is 13.2. The molecule has 0 saturated heterocycles. The molecule has 1 aliphatic heterocycles. The maximum atomic E-state index is 13.2. The molecule has 30 heavy (non-hydrogen) atoms. The van der Waals surface area contributed by atoms with Gasteiger partial charge in [-0.2, -0.15) is 9.28 Å². The Morgan fingerprint density at radius 2 is 1.83 bits per heavy atom. The molecule has 1 fully saturated rings. The smallest absolute Gasteiger partial charge is 0.481 e. The number of nitrogens with one attached hydrogen (secondary N) is 1. The van der Waals surface area contributed by atoms with E-state index >= 15 is 0 Å². The van der Waals surface area contributed by atoms with Crippen LogP contribution in [-0.2, 0) is 17.8 Å². The highest BCUT2D eigenvalue weighted by Gasteiger charge is 2.66. The summed E-state index contributed by atoms with van der Waals surface area (Å²) in [5, 5.41) is 23.7. The number of quaternary nitrogens is 1. The van der Waals surface area contributed by atoms with Gasteiger partial charge in [-0.1, -0.05) is 55.5 Å². The van der Waals surface area contributed by atoms with Crippen molar-refractivity contribution in [3.8, 4) is 0 Å². The second-order valence-electron chi connectivity index (χ2n) is 8.70. The Morgan fingerprint density at radius 1 is 1.13 bits per heavy atom. The van der Waals surface area contributed by atoms with Crippen molar-refractivity contribution in [1.29, 1.82) is 0 Å². The van der Waals surface area contributed by atoms with Gasteiger partial charge < -0.3 is 10.2 Å². The van der Waals surface area contributed by atoms with Crippen molar-refractivity contribution in [2.24, 2.45) is 11.8 Å². The number of carbonyl (C=O) groups is 2. The van der Waals surface area contributed by atoms with Gasteiger partial charge in [0, 0.05) is 36.1 Å². The number of nitrogens with zero attached hydrogens (tertiary/aromatic N) is 1. The second-order valence-corrected chi connectivity index (χ2v) is 8.70. The van der Waals surface area contributed by atoms with Gasteiger partial charge in [-0.15, -0.1) is 0 Å². The number of benzene rings is 2. The van der Waals surface area contributed by atoms with Gasteiger partial charge in [0.05, 0.1) is 5.92 Å². The fourth-order valence-corrected chi connectivity index (χ4v) is 5.58. The average Bonchev–Trinajstić information content (AvgIpc) is 3.16. The Labute approximate surface area is 176 Å². The number of rotatable bonds is 6. The summed E-state index contributed by atoms with van der Waals surface area (Å²) in [6, 6.07) is 17.6. The highest BCUT2D eigenvalue weighted by molar-refractivity contribution is 5.84. The predicted octanol–water partition coefficient (Wildman–Crippen LogP) is 4.23. The summed E-state index contributed by atoms with van der Waals surface area (Å²) in [5.74, 6) is -1.33. The predicted molar refractivity (Wildman–Crippen MR) is 115 cm³/mol. The number of amides is 1. The van der Waals surface area contributed by atoms with E-state index in [0.717, 1.165) is 36.1 Å². The lowest BCUT2D eigenvalue weighted by Gasteiger charge is -2.53. The van der Waals surface area contributed by atoms with Crippen LogP contribution in [0.1, 0.15) is 37.3 Å². The third-order valence-electron chi connectivity index (χ3n) is 7.06. The lowest BCUT2D eigenvalue weighted by molar-refractivity contribution is -0.141. The molecule has 4 rings (SSSR count). The molecule has 1 aliphatic carbocycles. The van der Waals surface area contributed by atoms with Crippen LogP contribution >= 0.6 is 0 Å². The average molecular weight is 410 g/mol. The zero-order chi connectivity index (χ0) is 21.4. The quantitative estimate of drug-likeness (QED) is 0.622. The lowest BCUT2D eigenvalue weighted by Crippen LogP contribution is -2.77. The van der Waals surface area contributed by atoms with Gasteiger partial charge in [-0.3, -0.25) is 10.1 Å². The monoisotopic (exact) mass is 409 g/mol. The number of hydrogen-bond acceptors (Lipinski definition) is 3. The molecule has 3 N–H and O–H groups in total. The zero-order valence-electron chi connectivity index (χ0n) is 17.3. The molecule has 1 amide bonds. The second kappa shape index (κ2) is 7.85. The Bertz CT molecular complexity index is 947. The van der Waals surface area contributed by atoms with Crippen LogP contribution in [0.25, 0.3) is 0 Å². The Hall–Kier alpha value is -2.70. The summed E-state index contributed by atoms with van der Waals surface area (Å²) in [6.07, 6.45) is 2.48. The van der Waals surface area contributed by atoms with Crippen molar-refractivity contribution in [2.75, 3.05) is 6.54 Å². The van der Waals surface area contributed by atoms with E-state index in [9.17, 15) is 19.8 Å². The van der Waals surface area contributed by atoms with Crippen LogP contribution in [0.15, 0.2) is 54.6 Å².